The highest BCUT2D eigenvalue weighted by molar-refractivity contribution is 7.09. The van der Waals surface area contributed by atoms with E-state index in [1.54, 1.807) is 24.3 Å². The molecule has 2 heterocycles. The number of nitrogens with one attached hydrogen (secondary N) is 1. The van der Waals surface area contributed by atoms with Crippen molar-refractivity contribution in [3.8, 4) is 0 Å². The van der Waals surface area contributed by atoms with E-state index in [1.807, 2.05) is 18.4 Å². The predicted octanol–water partition coefficient (Wildman–Crippen LogP) is 3.01. The molecule has 0 fully saturated rings. The molecule has 2 aromatic rings. The Kier molecular flexibility index (Phi) is 3.64. The molecular weight excluding hydrogens is 234 g/mol. The second kappa shape index (κ2) is 5.19. The van der Waals surface area contributed by atoms with Crippen molar-refractivity contribution in [2.75, 3.05) is 0 Å². The van der Waals surface area contributed by atoms with Crippen LogP contribution in [0.5, 0.6) is 0 Å². The number of carbonyl (C=O) groups is 1. The summed E-state index contributed by atoms with van der Waals surface area (Å²) < 4.78 is 5.11. The number of thiophene rings is 1. The molecule has 0 radical (unpaired) electrons. The van der Waals surface area contributed by atoms with Gasteiger partial charge in [0.1, 0.15) is 5.76 Å². The van der Waals surface area contributed by atoms with Gasteiger partial charge in [0.2, 0.25) is 0 Å². The molecule has 0 aliphatic rings. The Labute approximate surface area is 104 Å². The first-order chi connectivity index (χ1) is 8.16. The van der Waals surface area contributed by atoms with Gasteiger partial charge in [-0.05, 0) is 31.4 Å². The van der Waals surface area contributed by atoms with Gasteiger partial charge in [0.05, 0.1) is 11.8 Å². The molecule has 4 heteroatoms. The Balaban J connectivity index is 1.93. The lowest BCUT2D eigenvalue weighted by atomic mass is 10.2. The van der Waals surface area contributed by atoms with Crippen molar-refractivity contribution in [2.24, 2.45) is 0 Å². The van der Waals surface area contributed by atoms with E-state index in [1.165, 1.54) is 11.1 Å². The third-order valence-electron chi connectivity index (χ3n) is 2.57. The molecular formula is C13H15NO2S. The molecule has 0 aliphatic carbocycles. The van der Waals surface area contributed by atoms with Crippen LogP contribution in [0.2, 0.25) is 0 Å². The zero-order chi connectivity index (χ0) is 12.3. The van der Waals surface area contributed by atoms with E-state index in [-0.39, 0.29) is 11.9 Å². The van der Waals surface area contributed by atoms with E-state index in [2.05, 4.69) is 11.4 Å². The molecule has 2 rings (SSSR count). The van der Waals surface area contributed by atoms with Crippen LogP contribution in [0.1, 0.15) is 27.9 Å². The number of hydrogen-bond acceptors (Lipinski definition) is 3. The minimum atomic E-state index is -0.0692. The molecule has 1 atom stereocenters. The van der Waals surface area contributed by atoms with Gasteiger partial charge in [0.25, 0.3) is 5.91 Å². The second-order valence-electron chi connectivity index (χ2n) is 4.05. The van der Waals surface area contributed by atoms with E-state index in [4.69, 9.17) is 4.42 Å². The van der Waals surface area contributed by atoms with Gasteiger partial charge in [-0.25, -0.2) is 0 Å². The largest absolute Gasteiger partial charge is 0.469 e. The summed E-state index contributed by atoms with van der Waals surface area (Å²) in [5.74, 6) is 0.589. The van der Waals surface area contributed by atoms with Gasteiger partial charge < -0.3 is 9.73 Å². The van der Waals surface area contributed by atoms with E-state index in [0.29, 0.717) is 11.3 Å². The number of furan rings is 1. The van der Waals surface area contributed by atoms with Gasteiger partial charge in [-0.3, -0.25) is 4.79 Å². The standard InChI is InChI=1S/C13H15NO2S/c1-9(8-11-4-3-7-17-11)14-13(15)12-5-6-16-10(12)2/h3-7,9H,8H2,1-2H3,(H,14,15)/t9-/m1/s1. The first-order valence-corrected chi connectivity index (χ1v) is 6.42. The highest BCUT2D eigenvalue weighted by Gasteiger charge is 2.14. The first kappa shape index (κ1) is 11.9. The number of aryl methyl sites for hydroxylation is 1. The molecule has 3 nitrogen and oxygen atoms in total. The summed E-state index contributed by atoms with van der Waals surface area (Å²) in [7, 11) is 0. The fourth-order valence-electron chi connectivity index (χ4n) is 1.70. The molecule has 2 aromatic heterocycles. The minimum absolute atomic E-state index is 0.0692. The van der Waals surface area contributed by atoms with Gasteiger partial charge >= 0.3 is 0 Å². The van der Waals surface area contributed by atoms with Gasteiger partial charge in [0.15, 0.2) is 0 Å². The van der Waals surface area contributed by atoms with Crippen LogP contribution in [0.15, 0.2) is 34.3 Å². The maximum Gasteiger partial charge on any atom is 0.255 e. The van der Waals surface area contributed by atoms with E-state index >= 15 is 0 Å². The fourth-order valence-corrected chi connectivity index (χ4v) is 2.54. The average Bonchev–Trinajstić information content (AvgIpc) is 2.88. The highest BCUT2D eigenvalue weighted by Crippen LogP contribution is 2.12. The summed E-state index contributed by atoms with van der Waals surface area (Å²) in [4.78, 5) is 13.2. The van der Waals surface area contributed by atoms with Crippen molar-refractivity contribution in [3.63, 3.8) is 0 Å². The fraction of sp³-hybridized carbons (Fsp3) is 0.308. The Morgan fingerprint density at radius 1 is 1.53 bits per heavy atom. The van der Waals surface area contributed by atoms with E-state index in [0.717, 1.165) is 6.42 Å². The van der Waals surface area contributed by atoms with Crippen LogP contribution in [-0.2, 0) is 6.42 Å². The van der Waals surface area contributed by atoms with Crippen LogP contribution in [0.3, 0.4) is 0 Å². The van der Waals surface area contributed by atoms with Crippen LogP contribution in [-0.4, -0.2) is 11.9 Å². The summed E-state index contributed by atoms with van der Waals surface area (Å²) in [6, 6.07) is 5.92. The normalized spacial score (nSPS) is 12.4. The molecule has 0 saturated carbocycles. The van der Waals surface area contributed by atoms with E-state index in [9.17, 15) is 4.79 Å². The van der Waals surface area contributed by atoms with Crippen LogP contribution >= 0.6 is 11.3 Å². The summed E-state index contributed by atoms with van der Waals surface area (Å²) in [5.41, 5.74) is 0.614. The van der Waals surface area contributed by atoms with Crippen LogP contribution in [0, 0.1) is 6.92 Å². The van der Waals surface area contributed by atoms with Crippen molar-refractivity contribution in [1.82, 2.24) is 5.32 Å². The lowest BCUT2D eigenvalue weighted by Gasteiger charge is -2.12. The maximum absolute atomic E-state index is 11.9. The monoisotopic (exact) mass is 249 g/mol. The smallest absolute Gasteiger partial charge is 0.255 e. The number of amides is 1. The molecule has 0 spiro atoms. The Morgan fingerprint density at radius 3 is 2.94 bits per heavy atom. The molecule has 0 aromatic carbocycles. The third kappa shape index (κ3) is 2.97. The topological polar surface area (TPSA) is 42.2 Å². The lowest BCUT2D eigenvalue weighted by Crippen LogP contribution is -2.33. The zero-order valence-corrected chi connectivity index (χ0v) is 10.7. The number of rotatable bonds is 4. The molecule has 1 N–H and O–H groups in total. The van der Waals surface area contributed by atoms with Gasteiger partial charge in [-0.1, -0.05) is 6.07 Å². The molecule has 0 aliphatic heterocycles. The number of carbonyl (C=O) groups excluding carboxylic acids is 1. The molecule has 0 unspecified atom stereocenters. The molecule has 0 bridgehead atoms. The predicted molar refractivity (Wildman–Crippen MR) is 68.4 cm³/mol. The van der Waals surface area contributed by atoms with Gasteiger partial charge in [-0.15, -0.1) is 11.3 Å². The van der Waals surface area contributed by atoms with Crippen LogP contribution in [0.4, 0.5) is 0 Å². The zero-order valence-electron chi connectivity index (χ0n) is 9.90. The Hall–Kier alpha value is -1.55. The maximum atomic E-state index is 11.9. The van der Waals surface area contributed by atoms with Crippen molar-refractivity contribution < 1.29 is 9.21 Å². The SMILES string of the molecule is Cc1occc1C(=O)N[C@H](C)Cc1cccs1. The summed E-state index contributed by atoms with van der Waals surface area (Å²) >= 11 is 1.71. The molecule has 90 valence electrons. The Morgan fingerprint density at radius 2 is 2.35 bits per heavy atom. The molecule has 17 heavy (non-hydrogen) atoms. The average molecular weight is 249 g/mol. The van der Waals surface area contributed by atoms with E-state index < -0.39 is 0 Å². The Bertz CT molecular complexity index is 487. The quantitative estimate of drug-likeness (QED) is 0.905. The van der Waals surface area contributed by atoms with Crippen LogP contribution < -0.4 is 5.32 Å². The van der Waals surface area contributed by atoms with Gasteiger partial charge in [-0.2, -0.15) is 0 Å². The summed E-state index contributed by atoms with van der Waals surface area (Å²) in [5, 5.41) is 5.01. The second-order valence-corrected chi connectivity index (χ2v) is 5.08. The highest BCUT2D eigenvalue weighted by atomic mass is 32.1. The summed E-state index contributed by atoms with van der Waals surface area (Å²) in [6.45, 7) is 3.80. The molecule has 0 saturated heterocycles. The molecule has 1 amide bonds. The third-order valence-corrected chi connectivity index (χ3v) is 3.47. The first-order valence-electron chi connectivity index (χ1n) is 5.54. The summed E-state index contributed by atoms with van der Waals surface area (Å²) in [6.07, 6.45) is 2.40. The lowest BCUT2D eigenvalue weighted by molar-refractivity contribution is 0.0938. The van der Waals surface area contributed by atoms with Crippen molar-refractivity contribution >= 4 is 17.2 Å². The van der Waals surface area contributed by atoms with Crippen molar-refractivity contribution in [3.05, 3.63) is 46.0 Å². The minimum Gasteiger partial charge on any atom is -0.469 e. The van der Waals surface area contributed by atoms with Crippen molar-refractivity contribution in [2.45, 2.75) is 26.3 Å². The van der Waals surface area contributed by atoms with Crippen LogP contribution in [0.25, 0.3) is 0 Å². The number of hydrogen-bond donors (Lipinski definition) is 1. The van der Waals surface area contributed by atoms with Gasteiger partial charge in [0, 0.05) is 17.3 Å². The van der Waals surface area contributed by atoms with Crippen molar-refractivity contribution in [1.29, 1.82) is 0 Å².